The third kappa shape index (κ3) is 4.78. The van der Waals surface area contributed by atoms with E-state index in [4.69, 9.17) is 19.5 Å². The van der Waals surface area contributed by atoms with E-state index in [-0.39, 0.29) is 36.0 Å². The molecule has 7 nitrogen and oxygen atoms in total. The summed E-state index contributed by atoms with van der Waals surface area (Å²) in [5.41, 5.74) is 0.715. The molecule has 0 atom stereocenters. The lowest BCUT2D eigenvalue weighted by molar-refractivity contribution is 0.0524. The third-order valence-electron chi connectivity index (χ3n) is 3.02. The van der Waals surface area contributed by atoms with E-state index in [2.05, 4.69) is 4.98 Å². The van der Waals surface area contributed by atoms with E-state index in [1.54, 1.807) is 19.9 Å². The van der Waals surface area contributed by atoms with Crippen LogP contribution in [-0.4, -0.2) is 30.1 Å². The highest BCUT2D eigenvalue weighted by Crippen LogP contribution is 2.24. The Labute approximate surface area is 144 Å². The van der Waals surface area contributed by atoms with Crippen molar-refractivity contribution in [3.8, 4) is 17.7 Å². The number of carbonyl (C=O) groups excluding carboxylic acids is 2. The highest BCUT2D eigenvalue weighted by molar-refractivity contribution is 5.96. The molecule has 1 heterocycles. The standard InChI is InChI=1S/C18H16N2O5/c1-3-23-17(21)13-7-14(18(22)24-4-2)9-15(8-13)25-16-6-5-12(10-19)11-20-16/h5-9,11H,3-4H2,1-2H3. The third-order valence-corrected chi connectivity index (χ3v) is 3.02. The number of nitrogens with zero attached hydrogens (tertiary/aromatic N) is 2. The molecule has 1 aromatic carbocycles. The van der Waals surface area contributed by atoms with E-state index in [9.17, 15) is 9.59 Å². The average molecular weight is 340 g/mol. The quantitative estimate of drug-likeness (QED) is 0.745. The van der Waals surface area contributed by atoms with Crippen molar-refractivity contribution >= 4 is 11.9 Å². The Balaban J connectivity index is 2.35. The monoisotopic (exact) mass is 340 g/mol. The van der Waals surface area contributed by atoms with E-state index in [1.807, 2.05) is 6.07 Å². The highest BCUT2D eigenvalue weighted by atomic mass is 16.5. The highest BCUT2D eigenvalue weighted by Gasteiger charge is 2.16. The maximum Gasteiger partial charge on any atom is 0.338 e. The fourth-order valence-electron chi connectivity index (χ4n) is 1.95. The Morgan fingerprint density at radius 2 is 1.64 bits per heavy atom. The predicted molar refractivity (Wildman–Crippen MR) is 87.4 cm³/mol. The van der Waals surface area contributed by atoms with Crippen LogP contribution in [0.5, 0.6) is 11.6 Å². The molecule has 0 unspecified atom stereocenters. The topological polar surface area (TPSA) is 98.5 Å². The van der Waals surface area contributed by atoms with Gasteiger partial charge in [0.25, 0.3) is 0 Å². The van der Waals surface area contributed by atoms with Gasteiger partial charge in [0.15, 0.2) is 0 Å². The molecular formula is C18H16N2O5. The molecule has 0 aliphatic rings. The van der Waals surface area contributed by atoms with Crippen LogP contribution >= 0.6 is 0 Å². The fourth-order valence-corrected chi connectivity index (χ4v) is 1.95. The lowest BCUT2D eigenvalue weighted by atomic mass is 10.1. The minimum Gasteiger partial charge on any atom is -0.462 e. The maximum atomic E-state index is 12.0. The van der Waals surface area contributed by atoms with Gasteiger partial charge in [-0.25, -0.2) is 14.6 Å². The van der Waals surface area contributed by atoms with Gasteiger partial charge in [-0.15, -0.1) is 0 Å². The number of hydrogen-bond donors (Lipinski definition) is 0. The number of ether oxygens (including phenoxy) is 3. The first-order valence-corrected chi connectivity index (χ1v) is 7.60. The van der Waals surface area contributed by atoms with Crippen molar-refractivity contribution < 1.29 is 23.8 Å². The SMILES string of the molecule is CCOC(=O)c1cc(Oc2ccc(C#N)cn2)cc(C(=O)OCC)c1. The van der Waals surface area contributed by atoms with E-state index in [0.29, 0.717) is 5.56 Å². The van der Waals surface area contributed by atoms with Gasteiger partial charge < -0.3 is 14.2 Å². The largest absolute Gasteiger partial charge is 0.462 e. The summed E-state index contributed by atoms with van der Waals surface area (Å²) in [7, 11) is 0. The summed E-state index contributed by atoms with van der Waals surface area (Å²) in [5, 5.41) is 8.78. The minimum atomic E-state index is -0.578. The summed E-state index contributed by atoms with van der Waals surface area (Å²) in [4.78, 5) is 28.0. The zero-order valence-electron chi connectivity index (χ0n) is 13.8. The van der Waals surface area contributed by atoms with Crippen molar-refractivity contribution in [2.45, 2.75) is 13.8 Å². The second-order valence-corrected chi connectivity index (χ2v) is 4.79. The van der Waals surface area contributed by atoms with Crippen molar-refractivity contribution in [1.29, 1.82) is 5.26 Å². The van der Waals surface area contributed by atoms with Crippen LogP contribution in [0, 0.1) is 11.3 Å². The normalized spacial score (nSPS) is 9.80. The number of esters is 2. The lowest BCUT2D eigenvalue weighted by Gasteiger charge is -2.10. The van der Waals surface area contributed by atoms with E-state index in [1.165, 1.54) is 30.5 Å². The molecule has 2 rings (SSSR count). The molecule has 0 N–H and O–H groups in total. The second-order valence-electron chi connectivity index (χ2n) is 4.79. The van der Waals surface area contributed by atoms with Crippen molar-refractivity contribution in [2.75, 3.05) is 13.2 Å². The van der Waals surface area contributed by atoms with Crippen LogP contribution in [-0.2, 0) is 9.47 Å². The number of hydrogen-bond acceptors (Lipinski definition) is 7. The summed E-state index contributed by atoms with van der Waals surface area (Å²) >= 11 is 0. The molecular weight excluding hydrogens is 324 g/mol. The Hall–Kier alpha value is -3.40. The Morgan fingerprint density at radius 1 is 1.04 bits per heavy atom. The van der Waals surface area contributed by atoms with Gasteiger partial charge >= 0.3 is 11.9 Å². The number of pyridine rings is 1. The maximum absolute atomic E-state index is 12.0. The zero-order chi connectivity index (χ0) is 18.2. The van der Waals surface area contributed by atoms with Crippen LogP contribution in [0.4, 0.5) is 0 Å². The molecule has 0 fully saturated rings. The van der Waals surface area contributed by atoms with Gasteiger partial charge in [-0.05, 0) is 38.1 Å². The smallest absolute Gasteiger partial charge is 0.338 e. The predicted octanol–water partition coefficient (Wildman–Crippen LogP) is 3.10. The van der Waals surface area contributed by atoms with Crippen LogP contribution in [0.2, 0.25) is 0 Å². The molecule has 0 amide bonds. The van der Waals surface area contributed by atoms with E-state index < -0.39 is 11.9 Å². The minimum absolute atomic E-state index is 0.163. The molecule has 7 heteroatoms. The van der Waals surface area contributed by atoms with Gasteiger partial charge in [0.05, 0.1) is 29.9 Å². The number of benzene rings is 1. The first kappa shape index (κ1) is 17.9. The van der Waals surface area contributed by atoms with Crippen molar-refractivity contribution in [3.63, 3.8) is 0 Å². The van der Waals surface area contributed by atoms with Gasteiger partial charge in [0, 0.05) is 12.3 Å². The van der Waals surface area contributed by atoms with Crippen molar-refractivity contribution in [1.82, 2.24) is 4.98 Å². The van der Waals surface area contributed by atoms with Gasteiger partial charge in [0.2, 0.25) is 5.88 Å². The number of rotatable bonds is 6. The fraction of sp³-hybridized carbons (Fsp3) is 0.222. The lowest BCUT2D eigenvalue weighted by Crippen LogP contribution is -2.09. The van der Waals surface area contributed by atoms with Gasteiger partial charge in [-0.3, -0.25) is 0 Å². The Bertz CT molecular complexity index is 773. The van der Waals surface area contributed by atoms with Gasteiger partial charge in [0.1, 0.15) is 11.8 Å². The summed E-state index contributed by atoms with van der Waals surface area (Å²) in [6.45, 7) is 3.78. The molecule has 1 aromatic heterocycles. The average Bonchev–Trinajstić information content (AvgIpc) is 2.62. The summed E-state index contributed by atoms with van der Waals surface area (Å²) in [6, 6.07) is 9.29. The zero-order valence-corrected chi connectivity index (χ0v) is 13.8. The number of aromatic nitrogens is 1. The molecule has 0 bridgehead atoms. The summed E-state index contributed by atoms with van der Waals surface area (Å²) < 4.78 is 15.5. The molecule has 0 saturated heterocycles. The summed E-state index contributed by atoms with van der Waals surface area (Å²) in [5.74, 6) is -0.710. The molecule has 25 heavy (non-hydrogen) atoms. The summed E-state index contributed by atoms with van der Waals surface area (Å²) in [6.07, 6.45) is 1.36. The number of carbonyl (C=O) groups is 2. The molecule has 0 radical (unpaired) electrons. The molecule has 0 aliphatic carbocycles. The molecule has 128 valence electrons. The van der Waals surface area contributed by atoms with E-state index in [0.717, 1.165) is 0 Å². The first-order chi connectivity index (χ1) is 12.1. The van der Waals surface area contributed by atoms with Crippen molar-refractivity contribution in [3.05, 3.63) is 53.2 Å². The Morgan fingerprint density at radius 3 is 2.08 bits per heavy atom. The first-order valence-electron chi connectivity index (χ1n) is 7.60. The van der Waals surface area contributed by atoms with Crippen LogP contribution in [0.15, 0.2) is 36.5 Å². The van der Waals surface area contributed by atoms with Crippen LogP contribution < -0.4 is 4.74 Å². The van der Waals surface area contributed by atoms with E-state index >= 15 is 0 Å². The van der Waals surface area contributed by atoms with Gasteiger partial charge in [-0.2, -0.15) is 5.26 Å². The second kappa shape index (κ2) is 8.45. The molecule has 0 saturated carbocycles. The molecule has 0 spiro atoms. The van der Waals surface area contributed by atoms with Crippen LogP contribution in [0.1, 0.15) is 40.1 Å². The molecule has 0 aliphatic heterocycles. The van der Waals surface area contributed by atoms with Crippen LogP contribution in [0.3, 0.4) is 0 Å². The van der Waals surface area contributed by atoms with Crippen LogP contribution in [0.25, 0.3) is 0 Å². The molecule has 2 aromatic rings. The Kier molecular flexibility index (Phi) is 6.07. The number of nitriles is 1. The van der Waals surface area contributed by atoms with Crippen molar-refractivity contribution in [2.24, 2.45) is 0 Å². The van der Waals surface area contributed by atoms with Gasteiger partial charge in [-0.1, -0.05) is 0 Å².